The largest absolute Gasteiger partial charge is 0.347 e. The summed E-state index contributed by atoms with van der Waals surface area (Å²) in [5.74, 6) is 0.0859. The molecule has 1 fully saturated rings. The summed E-state index contributed by atoms with van der Waals surface area (Å²) in [6, 6.07) is 16.2. The van der Waals surface area contributed by atoms with Crippen LogP contribution in [0, 0.1) is 0 Å². The number of carbonyl (C=O) groups excluding carboxylic acids is 2. The van der Waals surface area contributed by atoms with Crippen LogP contribution < -0.4 is 16.0 Å². The van der Waals surface area contributed by atoms with Crippen molar-refractivity contribution in [1.82, 2.24) is 15.5 Å². The van der Waals surface area contributed by atoms with Crippen LogP contribution in [0.5, 0.6) is 0 Å². The number of hydrogen-bond acceptors (Lipinski definition) is 4. The van der Waals surface area contributed by atoms with Gasteiger partial charge in [-0.05, 0) is 66.7 Å². The van der Waals surface area contributed by atoms with Crippen molar-refractivity contribution in [2.75, 3.05) is 31.5 Å². The molecular formula is C26H27Cl3N4O2S. The highest BCUT2D eigenvalue weighted by atomic mass is 35.5. The maximum Gasteiger partial charge on any atom is 0.319 e. The lowest BCUT2D eigenvalue weighted by Crippen LogP contribution is -2.37. The van der Waals surface area contributed by atoms with Gasteiger partial charge in [0.15, 0.2) is 0 Å². The van der Waals surface area contributed by atoms with Crippen LogP contribution in [-0.4, -0.2) is 49.1 Å². The van der Waals surface area contributed by atoms with Gasteiger partial charge in [-0.15, -0.1) is 11.3 Å². The highest BCUT2D eigenvalue weighted by Crippen LogP contribution is 2.24. The second-order valence-electron chi connectivity index (χ2n) is 8.77. The summed E-state index contributed by atoms with van der Waals surface area (Å²) >= 11 is 19.6. The Morgan fingerprint density at radius 2 is 1.78 bits per heavy atom. The van der Waals surface area contributed by atoms with Crippen LogP contribution in [0.3, 0.4) is 0 Å². The molecule has 0 spiro atoms. The van der Waals surface area contributed by atoms with E-state index in [2.05, 4.69) is 20.9 Å². The fourth-order valence-electron chi connectivity index (χ4n) is 4.29. The molecule has 1 aliphatic rings. The van der Waals surface area contributed by atoms with Crippen LogP contribution >= 0.6 is 46.1 Å². The van der Waals surface area contributed by atoms with Crippen LogP contribution in [0.25, 0.3) is 0 Å². The Morgan fingerprint density at radius 3 is 2.47 bits per heavy atom. The molecule has 36 heavy (non-hydrogen) atoms. The van der Waals surface area contributed by atoms with Gasteiger partial charge in [-0.3, -0.25) is 4.79 Å². The number of urea groups is 1. The normalized spacial score (nSPS) is 16.5. The van der Waals surface area contributed by atoms with Gasteiger partial charge in [0.2, 0.25) is 0 Å². The van der Waals surface area contributed by atoms with Crippen molar-refractivity contribution in [3.05, 3.63) is 85.5 Å². The Morgan fingerprint density at radius 1 is 1.03 bits per heavy atom. The number of amides is 3. The molecule has 0 saturated carbocycles. The smallest absolute Gasteiger partial charge is 0.319 e. The second-order valence-corrected chi connectivity index (χ2v) is 11.0. The lowest BCUT2D eigenvalue weighted by Gasteiger charge is -2.23. The van der Waals surface area contributed by atoms with Gasteiger partial charge in [-0.25, -0.2) is 4.79 Å². The molecule has 3 aromatic rings. The summed E-state index contributed by atoms with van der Waals surface area (Å²) in [5, 5.41) is 12.4. The first kappa shape index (κ1) is 26.8. The van der Waals surface area contributed by atoms with E-state index < -0.39 is 0 Å². The number of rotatable bonds is 9. The Kier molecular flexibility index (Phi) is 9.51. The molecule has 6 nitrogen and oxygen atoms in total. The van der Waals surface area contributed by atoms with Crippen LogP contribution in [0.15, 0.2) is 60.0 Å². The van der Waals surface area contributed by atoms with Gasteiger partial charge in [0, 0.05) is 52.3 Å². The van der Waals surface area contributed by atoms with Gasteiger partial charge in [0.1, 0.15) is 0 Å². The predicted octanol–water partition coefficient (Wildman–Crippen LogP) is 6.51. The molecule has 1 aliphatic heterocycles. The van der Waals surface area contributed by atoms with E-state index in [0.717, 1.165) is 42.9 Å². The lowest BCUT2D eigenvalue weighted by molar-refractivity contribution is 0.0942. The van der Waals surface area contributed by atoms with E-state index >= 15 is 0 Å². The molecule has 10 heteroatoms. The molecule has 2 heterocycles. The SMILES string of the molecule is O=C(NCC(CCN1CCC(NC(=O)c2cccs2)C1)c1ccc(Cl)cc1)Nc1cc(Cl)cc(Cl)c1. The third kappa shape index (κ3) is 7.85. The van der Waals surface area contributed by atoms with E-state index in [4.69, 9.17) is 34.8 Å². The summed E-state index contributed by atoms with van der Waals surface area (Å²) in [6.07, 6.45) is 1.77. The van der Waals surface area contributed by atoms with Gasteiger partial charge >= 0.3 is 6.03 Å². The standard InChI is InChI=1S/C26H27Cl3N4O2S/c27-19-5-3-17(4-6-19)18(15-30-26(35)32-23-13-20(28)12-21(29)14-23)7-9-33-10-8-22(16-33)31-25(34)24-2-1-11-36-24/h1-6,11-14,18,22H,7-10,15-16H2,(H,31,34)(H2,30,32,35). The number of anilines is 1. The molecule has 1 aromatic heterocycles. The predicted molar refractivity (Wildman–Crippen MR) is 149 cm³/mol. The number of nitrogens with zero attached hydrogens (tertiary/aromatic N) is 1. The molecule has 2 atom stereocenters. The Bertz CT molecular complexity index is 1150. The van der Waals surface area contributed by atoms with Crippen molar-refractivity contribution in [2.45, 2.75) is 24.8 Å². The number of nitrogens with one attached hydrogen (secondary N) is 3. The van der Waals surface area contributed by atoms with E-state index in [1.165, 1.54) is 11.3 Å². The van der Waals surface area contributed by atoms with Gasteiger partial charge in [0.25, 0.3) is 5.91 Å². The fourth-order valence-corrected chi connectivity index (χ4v) is 5.57. The topological polar surface area (TPSA) is 73.5 Å². The van der Waals surface area contributed by atoms with E-state index in [9.17, 15) is 9.59 Å². The van der Waals surface area contributed by atoms with Crippen LogP contribution in [0.2, 0.25) is 15.1 Å². The van der Waals surface area contributed by atoms with E-state index in [1.54, 1.807) is 18.2 Å². The summed E-state index contributed by atoms with van der Waals surface area (Å²) in [6.45, 7) is 3.04. The number of hydrogen-bond donors (Lipinski definition) is 3. The minimum atomic E-state index is -0.329. The molecule has 3 amide bonds. The van der Waals surface area contributed by atoms with Gasteiger partial charge in [-0.1, -0.05) is 53.0 Å². The first-order valence-electron chi connectivity index (χ1n) is 11.7. The monoisotopic (exact) mass is 564 g/mol. The summed E-state index contributed by atoms with van der Waals surface area (Å²) < 4.78 is 0. The average Bonchev–Trinajstić information content (AvgIpc) is 3.52. The van der Waals surface area contributed by atoms with Crippen LogP contribution in [-0.2, 0) is 0 Å². The second kappa shape index (κ2) is 12.8. The third-order valence-electron chi connectivity index (χ3n) is 6.12. The first-order chi connectivity index (χ1) is 17.4. The maximum atomic E-state index is 12.5. The number of carbonyl (C=O) groups is 2. The Labute approximate surface area is 229 Å². The zero-order valence-electron chi connectivity index (χ0n) is 19.5. The van der Waals surface area contributed by atoms with E-state index in [-0.39, 0.29) is 23.9 Å². The van der Waals surface area contributed by atoms with Crippen molar-refractivity contribution in [1.29, 1.82) is 0 Å². The zero-order valence-corrected chi connectivity index (χ0v) is 22.6. The summed E-state index contributed by atoms with van der Waals surface area (Å²) in [5.41, 5.74) is 1.63. The van der Waals surface area contributed by atoms with Gasteiger partial charge in [-0.2, -0.15) is 0 Å². The molecule has 2 unspecified atom stereocenters. The highest BCUT2D eigenvalue weighted by molar-refractivity contribution is 7.12. The number of likely N-dealkylation sites (tertiary alicyclic amines) is 1. The maximum absolute atomic E-state index is 12.5. The van der Waals surface area contributed by atoms with Crippen LogP contribution in [0.1, 0.15) is 34.0 Å². The fraction of sp³-hybridized carbons (Fsp3) is 0.308. The minimum absolute atomic E-state index is 0.00732. The van der Waals surface area contributed by atoms with Crippen molar-refractivity contribution in [2.24, 2.45) is 0 Å². The summed E-state index contributed by atoms with van der Waals surface area (Å²) in [7, 11) is 0. The molecule has 0 bridgehead atoms. The molecule has 0 radical (unpaired) electrons. The van der Waals surface area contributed by atoms with Gasteiger partial charge < -0.3 is 20.9 Å². The van der Waals surface area contributed by atoms with Crippen LogP contribution in [0.4, 0.5) is 10.5 Å². The van der Waals surface area contributed by atoms with E-state index in [1.807, 2.05) is 41.8 Å². The van der Waals surface area contributed by atoms with Crippen molar-refractivity contribution < 1.29 is 9.59 Å². The molecule has 0 aliphatic carbocycles. The molecule has 1 saturated heterocycles. The first-order valence-corrected chi connectivity index (χ1v) is 13.7. The minimum Gasteiger partial charge on any atom is -0.347 e. The molecule has 2 aromatic carbocycles. The van der Waals surface area contributed by atoms with Crippen molar-refractivity contribution in [3.8, 4) is 0 Å². The van der Waals surface area contributed by atoms with Crippen molar-refractivity contribution in [3.63, 3.8) is 0 Å². The third-order valence-corrected chi connectivity index (χ3v) is 7.67. The summed E-state index contributed by atoms with van der Waals surface area (Å²) in [4.78, 5) is 28.0. The van der Waals surface area contributed by atoms with Gasteiger partial charge in [0.05, 0.1) is 4.88 Å². The molecule has 3 N–H and O–H groups in total. The Hall–Kier alpha value is -2.29. The zero-order chi connectivity index (χ0) is 25.5. The lowest BCUT2D eigenvalue weighted by atomic mass is 9.95. The molecule has 190 valence electrons. The van der Waals surface area contributed by atoms with Crippen molar-refractivity contribution >= 4 is 63.8 Å². The number of benzene rings is 2. The molecule has 4 rings (SSSR count). The quantitative estimate of drug-likeness (QED) is 0.277. The highest BCUT2D eigenvalue weighted by Gasteiger charge is 2.25. The number of thiophene rings is 1. The number of halogens is 3. The average molecular weight is 566 g/mol. The molecular weight excluding hydrogens is 539 g/mol. The van der Waals surface area contributed by atoms with E-state index in [0.29, 0.717) is 27.3 Å². The Balaban J connectivity index is 1.31.